The van der Waals surface area contributed by atoms with Gasteiger partial charge in [-0.2, -0.15) is 0 Å². The normalized spacial score (nSPS) is 11.4. The van der Waals surface area contributed by atoms with Crippen molar-refractivity contribution in [2.75, 3.05) is 13.7 Å². The molecule has 0 aliphatic heterocycles. The largest absolute Gasteiger partial charge is 0.494 e. The van der Waals surface area contributed by atoms with Crippen molar-refractivity contribution in [1.29, 1.82) is 0 Å². The summed E-state index contributed by atoms with van der Waals surface area (Å²) in [6.45, 7) is 4.98. The Labute approximate surface area is 127 Å². The molecule has 0 bridgehead atoms. The van der Waals surface area contributed by atoms with Crippen LogP contribution in [0.2, 0.25) is 0 Å². The highest BCUT2D eigenvalue weighted by Gasteiger charge is 2.15. The third-order valence-corrected chi connectivity index (χ3v) is 3.52. The Morgan fingerprint density at radius 3 is 2.71 bits per heavy atom. The average molecular weight is 293 g/mol. The maximum atomic E-state index is 10.4. The minimum Gasteiger partial charge on any atom is -0.494 e. The summed E-state index contributed by atoms with van der Waals surface area (Å²) in [7, 11) is 1.97. The molecular formula is C17H27NO3. The first-order valence-electron chi connectivity index (χ1n) is 7.55. The number of carboxylic acids is 1. The fourth-order valence-corrected chi connectivity index (χ4v) is 2.09. The molecule has 1 aromatic carbocycles. The lowest BCUT2D eigenvalue weighted by atomic mass is 9.95. The van der Waals surface area contributed by atoms with Gasteiger partial charge in [-0.05, 0) is 64.3 Å². The predicted molar refractivity (Wildman–Crippen MR) is 84.9 cm³/mol. The first-order chi connectivity index (χ1) is 9.93. The summed E-state index contributed by atoms with van der Waals surface area (Å²) in [5.74, 6) is 0.161. The van der Waals surface area contributed by atoms with Crippen LogP contribution in [-0.4, -0.2) is 30.3 Å². The highest BCUT2D eigenvalue weighted by atomic mass is 16.5. The van der Waals surface area contributed by atoms with Crippen LogP contribution in [0.3, 0.4) is 0 Å². The fraction of sp³-hybridized carbons (Fsp3) is 0.588. The molecule has 0 saturated carbocycles. The number of nitrogens with one attached hydrogen (secondary N) is 1. The van der Waals surface area contributed by atoms with Gasteiger partial charge in [-0.15, -0.1) is 0 Å². The summed E-state index contributed by atoms with van der Waals surface area (Å²) in [5, 5.41) is 11.9. The summed E-state index contributed by atoms with van der Waals surface area (Å²) in [6.07, 6.45) is 3.68. The molecule has 0 aliphatic rings. The zero-order valence-electron chi connectivity index (χ0n) is 13.3. The molecule has 0 spiro atoms. The van der Waals surface area contributed by atoms with E-state index in [-0.39, 0.29) is 12.0 Å². The van der Waals surface area contributed by atoms with Gasteiger partial charge < -0.3 is 15.2 Å². The topological polar surface area (TPSA) is 58.6 Å². The standard InChI is InChI=1S/C17H27NO3/c1-17(2,18-3)13-14-8-7-9-15(12-14)21-11-6-4-5-10-16(19)20/h7-9,12,18H,4-6,10-11,13H2,1-3H3,(H,19,20). The number of carbonyl (C=O) groups is 1. The van der Waals surface area contributed by atoms with Gasteiger partial charge in [0.05, 0.1) is 6.61 Å². The van der Waals surface area contributed by atoms with Gasteiger partial charge in [0.25, 0.3) is 0 Å². The van der Waals surface area contributed by atoms with Gasteiger partial charge in [-0.3, -0.25) is 4.79 Å². The maximum Gasteiger partial charge on any atom is 0.303 e. The molecule has 1 aromatic rings. The molecule has 0 saturated heterocycles. The minimum absolute atomic E-state index is 0.0649. The van der Waals surface area contributed by atoms with Crippen molar-refractivity contribution in [3.05, 3.63) is 29.8 Å². The average Bonchev–Trinajstić information content (AvgIpc) is 2.42. The Balaban J connectivity index is 2.34. The summed E-state index contributed by atoms with van der Waals surface area (Å²) >= 11 is 0. The number of ether oxygens (including phenoxy) is 1. The first-order valence-corrected chi connectivity index (χ1v) is 7.55. The molecule has 21 heavy (non-hydrogen) atoms. The lowest BCUT2D eigenvalue weighted by molar-refractivity contribution is -0.137. The number of carboxylic acid groups (broad SMARTS) is 1. The van der Waals surface area contributed by atoms with Gasteiger partial charge in [0, 0.05) is 12.0 Å². The number of rotatable bonds is 10. The van der Waals surface area contributed by atoms with Gasteiger partial charge in [0.15, 0.2) is 0 Å². The highest BCUT2D eigenvalue weighted by Crippen LogP contribution is 2.18. The second-order valence-corrected chi connectivity index (χ2v) is 6.01. The smallest absolute Gasteiger partial charge is 0.303 e. The Hall–Kier alpha value is -1.55. The molecule has 1 rings (SSSR count). The van der Waals surface area contributed by atoms with E-state index >= 15 is 0 Å². The van der Waals surface area contributed by atoms with E-state index in [1.165, 1.54) is 5.56 Å². The molecule has 4 nitrogen and oxygen atoms in total. The Morgan fingerprint density at radius 2 is 2.05 bits per heavy atom. The van der Waals surface area contributed by atoms with Crippen LogP contribution in [0, 0.1) is 0 Å². The molecular weight excluding hydrogens is 266 g/mol. The van der Waals surface area contributed by atoms with Crippen molar-refractivity contribution < 1.29 is 14.6 Å². The van der Waals surface area contributed by atoms with Crippen LogP contribution in [-0.2, 0) is 11.2 Å². The van der Waals surface area contributed by atoms with Crippen LogP contribution in [0.1, 0.15) is 45.1 Å². The third kappa shape index (κ3) is 7.71. The van der Waals surface area contributed by atoms with E-state index in [1.807, 2.05) is 19.2 Å². The van der Waals surface area contributed by atoms with E-state index in [9.17, 15) is 4.79 Å². The highest BCUT2D eigenvalue weighted by molar-refractivity contribution is 5.66. The van der Waals surface area contributed by atoms with Crippen LogP contribution in [0.25, 0.3) is 0 Å². The molecule has 2 N–H and O–H groups in total. The van der Waals surface area contributed by atoms with E-state index in [2.05, 4.69) is 31.3 Å². The molecule has 0 amide bonds. The second kappa shape index (κ2) is 8.67. The zero-order chi connectivity index (χ0) is 15.7. The maximum absolute atomic E-state index is 10.4. The van der Waals surface area contributed by atoms with Gasteiger partial charge in [0.1, 0.15) is 5.75 Å². The van der Waals surface area contributed by atoms with Crippen LogP contribution in [0.5, 0.6) is 5.75 Å². The van der Waals surface area contributed by atoms with Gasteiger partial charge in [0.2, 0.25) is 0 Å². The number of hydrogen-bond acceptors (Lipinski definition) is 3. The van der Waals surface area contributed by atoms with Crippen LogP contribution >= 0.6 is 0 Å². The molecule has 0 atom stereocenters. The summed E-state index contributed by atoms with van der Waals surface area (Å²) in [6, 6.07) is 8.17. The molecule has 118 valence electrons. The van der Waals surface area contributed by atoms with Crippen molar-refractivity contribution in [3.63, 3.8) is 0 Å². The van der Waals surface area contributed by atoms with Crippen molar-refractivity contribution in [3.8, 4) is 5.75 Å². The first kappa shape index (κ1) is 17.5. The van der Waals surface area contributed by atoms with E-state index < -0.39 is 5.97 Å². The van der Waals surface area contributed by atoms with Crippen molar-refractivity contribution in [1.82, 2.24) is 5.32 Å². The van der Waals surface area contributed by atoms with Gasteiger partial charge in [-0.1, -0.05) is 12.1 Å². The summed E-state index contributed by atoms with van der Waals surface area (Å²) in [4.78, 5) is 10.4. The van der Waals surface area contributed by atoms with E-state index in [4.69, 9.17) is 9.84 Å². The van der Waals surface area contributed by atoms with E-state index in [0.717, 1.165) is 31.4 Å². The molecule has 0 unspecified atom stereocenters. The molecule has 0 aliphatic carbocycles. The second-order valence-electron chi connectivity index (χ2n) is 6.01. The number of hydrogen-bond donors (Lipinski definition) is 2. The number of likely N-dealkylation sites (N-methyl/N-ethyl adjacent to an activating group) is 1. The minimum atomic E-state index is -0.726. The molecule has 0 aromatic heterocycles. The Kier molecular flexibility index (Phi) is 7.23. The molecule has 0 radical (unpaired) electrons. The zero-order valence-corrected chi connectivity index (χ0v) is 13.3. The van der Waals surface area contributed by atoms with E-state index in [0.29, 0.717) is 6.61 Å². The fourth-order valence-electron chi connectivity index (χ4n) is 2.09. The summed E-state index contributed by atoms with van der Waals surface area (Å²) < 4.78 is 5.73. The molecule has 4 heteroatoms. The SMILES string of the molecule is CNC(C)(C)Cc1cccc(OCCCCCC(=O)O)c1. The van der Waals surface area contributed by atoms with Crippen LogP contribution in [0.15, 0.2) is 24.3 Å². The monoisotopic (exact) mass is 293 g/mol. The predicted octanol–water partition coefficient (Wildman–Crippen LogP) is 3.25. The number of benzene rings is 1. The molecule has 0 fully saturated rings. The Bertz CT molecular complexity index is 443. The third-order valence-electron chi connectivity index (χ3n) is 3.52. The van der Waals surface area contributed by atoms with Crippen molar-refractivity contribution >= 4 is 5.97 Å². The van der Waals surface area contributed by atoms with E-state index in [1.54, 1.807) is 0 Å². The van der Waals surface area contributed by atoms with Gasteiger partial charge >= 0.3 is 5.97 Å². The molecule has 0 heterocycles. The number of unbranched alkanes of at least 4 members (excludes halogenated alkanes) is 2. The lowest BCUT2D eigenvalue weighted by Gasteiger charge is -2.24. The number of aliphatic carboxylic acids is 1. The van der Waals surface area contributed by atoms with Crippen molar-refractivity contribution in [2.24, 2.45) is 0 Å². The van der Waals surface area contributed by atoms with Gasteiger partial charge in [-0.25, -0.2) is 0 Å². The van der Waals surface area contributed by atoms with Crippen LogP contribution < -0.4 is 10.1 Å². The quantitative estimate of drug-likeness (QED) is 0.650. The van der Waals surface area contributed by atoms with Crippen LogP contribution in [0.4, 0.5) is 0 Å². The van der Waals surface area contributed by atoms with Crippen molar-refractivity contribution in [2.45, 2.75) is 51.5 Å². The lowest BCUT2D eigenvalue weighted by Crippen LogP contribution is -2.38. The summed E-state index contributed by atoms with van der Waals surface area (Å²) in [5.41, 5.74) is 1.31. The Morgan fingerprint density at radius 1 is 1.29 bits per heavy atom.